The average molecular weight is 606 g/mol. The highest BCUT2D eigenvalue weighted by Gasteiger charge is 2.25. The van der Waals surface area contributed by atoms with Crippen molar-refractivity contribution < 1.29 is 23.8 Å². The van der Waals surface area contributed by atoms with Crippen LogP contribution in [0.25, 0.3) is 0 Å². The summed E-state index contributed by atoms with van der Waals surface area (Å²) < 4.78 is 16.6. The van der Waals surface area contributed by atoms with Crippen molar-refractivity contribution in [3.63, 3.8) is 0 Å². The molecule has 0 spiro atoms. The number of ketones is 1. The van der Waals surface area contributed by atoms with E-state index >= 15 is 0 Å². The van der Waals surface area contributed by atoms with Crippen molar-refractivity contribution in [1.82, 2.24) is 24.8 Å². The first-order valence-electron chi connectivity index (χ1n) is 15.7. The predicted octanol–water partition coefficient (Wildman–Crippen LogP) is 2.69. The number of carbonyl (C=O) groups is 1. The molecular formula is C32H43N7O5. The van der Waals surface area contributed by atoms with Gasteiger partial charge in [0.1, 0.15) is 23.9 Å². The molecule has 1 atom stereocenters. The number of β-amino-alcohol motifs (C(OH)–C–C–N with tert-alkyl or cyclic N) is 1. The van der Waals surface area contributed by atoms with E-state index in [2.05, 4.69) is 49.0 Å². The van der Waals surface area contributed by atoms with E-state index in [4.69, 9.17) is 18.9 Å². The number of ether oxygens (including phenoxy) is 2. The molecule has 0 unspecified atom stereocenters. The van der Waals surface area contributed by atoms with Gasteiger partial charge in [0, 0.05) is 58.3 Å². The van der Waals surface area contributed by atoms with Gasteiger partial charge >= 0.3 is 0 Å². The number of nitrogens with zero attached hydrogens (tertiary/aromatic N) is 6. The standard InChI is InChI=1S/C32H43N7O5/c1-3-37-10-12-39(13-11-37)32-35-28(15-31(36-32)34-25-18-42-19-25)29(41)7-5-26(40)17-38-9-8-23-14-27(6-4-24(23)16-38)43-20-30-22(2)33-21-44-30/h4,6,14-15,21,25-26,40H,3,5,7-13,16-20H2,1-2H3,(H,34,35,36)/t26-/m0/s1. The topological polar surface area (TPSA) is 129 Å². The molecule has 0 amide bonds. The first kappa shape index (κ1) is 30.4. The van der Waals surface area contributed by atoms with Gasteiger partial charge < -0.3 is 34.1 Å². The minimum Gasteiger partial charge on any atom is -0.486 e. The molecule has 5 heterocycles. The Labute approximate surface area is 258 Å². The van der Waals surface area contributed by atoms with Crippen molar-refractivity contribution in [2.45, 2.75) is 58.4 Å². The van der Waals surface area contributed by atoms with E-state index in [0.717, 1.165) is 69.4 Å². The fourth-order valence-corrected chi connectivity index (χ4v) is 5.85. The molecule has 0 bridgehead atoms. The number of piperazine rings is 1. The first-order valence-corrected chi connectivity index (χ1v) is 15.7. The van der Waals surface area contributed by atoms with Gasteiger partial charge in [0.05, 0.1) is 31.1 Å². The van der Waals surface area contributed by atoms with Gasteiger partial charge in [-0.25, -0.2) is 9.97 Å². The number of rotatable bonds is 13. The lowest BCUT2D eigenvalue weighted by Crippen LogP contribution is -2.47. The Kier molecular flexibility index (Phi) is 9.70. The van der Waals surface area contributed by atoms with Crippen LogP contribution in [0.2, 0.25) is 0 Å². The molecule has 12 heteroatoms. The van der Waals surface area contributed by atoms with Gasteiger partial charge in [-0.1, -0.05) is 13.0 Å². The summed E-state index contributed by atoms with van der Waals surface area (Å²) in [6.45, 7) is 12.3. The maximum absolute atomic E-state index is 13.3. The molecule has 1 aromatic carbocycles. The zero-order chi connectivity index (χ0) is 30.5. The number of hydrogen-bond donors (Lipinski definition) is 2. The number of carbonyl (C=O) groups excluding carboxylic acids is 1. The molecule has 0 radical (unpaired) electrons. The molecule has 0 saturated carbocycles. The average Bonchev–Trinajstić information content (AvgIpc) is 3.44. The summed E-state index contributed by atoms with van der Waals surface area (Å²) >= 11 is 0. The predicted molar refractivity (Wildman–Crippen MR) is 165 cm³/mol. The van der Waals surface area contributed by atoms with E-state index in [0.29, 0.717) is 50.2 Å². The molecule has 3 aliphatic heterocycles. The number of nitrogens with one attached hydrogen (secondary N) is 1. The Bertz CT molecular complexity index is 1420. The zero-order valence-corrected chi connectivity index (χ0v) is 25.7. The second-order valence-corrected chi connectivity index (χ2v) is 11.9. The molecule has 2 aromatic heterocycles. The number of aryl methyl sites for hydroxylation is 1. The van der Waals surface area contributed by atoms with Crippen LogP contribution in [-0.4, -0.2) is 107 Å². The third-order valence-corrected chi connectivity index (χ3v) is 8.75. The molecule has 0 aliphatic carbocycles. The Morgan fingerprint density at radius 2 is 1.95 bits per heavy atom. The second kappa shape index (κ2) is 14.0. The van der Waals surface area contributed by atoms with Crippen molar-refractivity contribution in [2.75, 3.05) is 69.2 Å². The van der Waals surface area contributed by atoms with Gasteiger partial charge in [0.2, 0.25) is 5.95 Å². The summed E-state index contributed by atoms with van der Waals surface area (Å²) in [5.74, 6) is 2.70. The largest absolute Gasteiger partial charge is 0.486 e. The number of aliphatic hydroxyl groups is 1. The monoisotopic (exact) mass is 605 g/mol. The Hall–Kier alpha value is -3.58. The summed E-state index contributed by atoms with van der Waals surface area (Å²) in [5.41, 5.74) is 3.72. The van der Waals surface area contributed by atoms with E-state index in [-0.39, 0.29) is 18.2 Å². The van der Waals surface area contributed by atoms with Gasteiger partial charge in [-0.05, 0) is 49.6 Å². The van der Waals surface area contributed by atoms with Gasteiger partial charge in [-0.15, -0.1) is 0 Å². The van der Waals surface area contributed by atoms with Crippen LogP contribution in [0.5, 0.6) is 5.75 Å². The quantitative estimate of drug-likeness (QED) is 0.278. The third kappa shape index (κ3) is 7.55. The summed E-state index contributed by atoms with van der Waals surface area (Å²) in [6.07, 6.45) is 2.30. The van der Waals surface area contributed by atoms with E-state index in [1.165, 1.54) is 17.5 Å². The number of benzene rings is 1. The van der Waals surface area contributed by atoms with Crippen LogP contribution in [0.15, 0.2) is 35.1 Å². The SMILES string of the molecule is CCN1CCN(c2nc(NC3COC3)cc(C(=O)CC[C@H](O)CN3CCc4cc(OCc5ocnc5C)ccc4C3)n2)CC1. The van der Waals surface area contributed by atoms with Crippen molar-refractivity contribution in [1.29, 1.82) is 0 Å². The maximum Gasteiger partial charge on any atom is 0.228 e. The van der Waals surface area contributed by atoms with Crippen molar-refractivity contribution in [2.24, 2.45) is 0 Å². The van der Waals surface area contributed by atoms with Crippen LogP contribution in [0.4, 0.5) is 11.8 Å². The smallest absolute Gasteiger partial charge is 0.228 e. The summed E-state index contributed by atoms with van der Waals surface area (Å²) in [4.78, 5) is 33.6. The van der Waals surface area contributed by atoms with Gasteiger partial charge in [0.25, 0.3) is 0 Å². The third-order valence-electron chi connectivity index (χ3n) is 8.75. The van der Waals surface area contributed by atoms with E-state index < -0.39 is 6.10 Å². The van der Waals surface area contributed by atoms with Crippen molar-refractivity contribution >= 4 is 17.5 Å². The molecule has 44 heavy (non-hydrogen) atoms. The van der Waals surface area contributed by atoms with Crippen LogP contribution in [-0.2, 0) is 24.3 Å². The zero-order valence-electron chi connectivity index (χ0n) is 25.7. The molecular weight excluding hydrogens is 562 g/mol. The summed E-state index contributed by atoms with van der Waals surface area (Å²) in [5, 5.41) is 14.3. The first-order chi connectivity index (χ1) is 21.4. The number of oxazole rings is 1. The fraction of sp³-hybridized carbons (Fsp3) is 0.562. The maximum atomic E-state index is 13.3. The van der Waals surface area contributed by atoms with Crippen LogP contribution in [0.1, 0.15) is 52.8 Å². The van der Waals surface area contributed by atoms with Crippen LogP contribution >= 0.6 is 0 Å². The summed E-state index contributed by atoms with van der Waals surface area (Å²) in [7, 11) is 0. The van der Waals surface area contributed by atoms with Crippen LogP contribution < -0.4 is 15.0 Å². The van der Waals surface area contributed by atoms with E-state index in [1.54, 1.807) is 6.07 Å². The number of aliphatic hydroxyl groups excluding tert-OH is 1. The van der Waals surface area contributed by atoms with Crippen molar-refractivity contribution in [3.05, 3.63) is 58.9 Å². The van der Waals surface area contributed by atoms with Crippen molar-refractivity contribution in [3.8, 4) is 5.75 Å². The molecule has 6 rings (SSSR count). The number of hydrogen-bond acceptors (Lipinski definition) is 12. The van der Waals surface area contributed by atoms with Gasteiger partial charge in [-0.3, -0.25) is 9.69 Å². The highest BCUT2D eigenvalue weighted by atomic mass is 16.5. The molecule has 2 N–H and O–H groups in total. The molecule has 236 valence electrons. The lowest BCUT2D eigenvalue weighted by Gasteiger charge is -2.34. The molecule has 3 aromatic rings. The number of likely N-dealkylation sites (N-methyl/N-ethyl adjacent to an activating group) is 1. The number of Topliss-reactive ketones (excluding diaryl/α,β-unsaturated/α-hetero) is 1. The minimum atomic E-state index is -0.610. The molecule has 12 nitrogen and oxygen atoms in total. The minimum absolute atomic E-state index is 0.0788. The Morgan fingerprint density at radius 3 is 2.68 bits per heavy atom. The molecule has 3 aliphatic rings. The van der Waals surface area contributed by atoms with Gasteiger partial charge in [0.15, 0.2) is 17.9 Å². The highest BCUT2D eigenvalue weighted by molar-refractivity contribution is 5.95. The summed E-state index contributed by atoms with van der Waals surface area (Å²) in [6, 6.07) is 8.09. The van der Waals surface area contributed by atoms with Gasteiger partial charge in [-0.2, -0.15) is 4.98 Å². The van der Waals surface area contributed by atoms with Crippen LogP contribution in [0, 0.1) is 6.92 Å². The number of anilines is 2. The normalized spacial score (nSPS) is 18.5. The Balaban J connectivity index is 1.01. The fourth-order valence-electron chi connectivity index (χ4n) is 5.85. The lowest BCUT2D eigenvalue weighted by molar-refractivity contribution is 0.0209. The van der Waals surface area contributed by atoms with Crippen LogP contribution in [0.3, 0.4) is 0 Å². The number of fused-ring (bicyclic) bond motifs is 1. The lowest BCUT2D eigenvalue weighted by atomic mass is 9.98. The highest BCUT2D eigenvalue weighted by Crippen LogP contribution is 2.26. The van der Waals surface area contributed by atoms with E-state index in [9.17, 15) is 9.90 Å². The molecule has 2 fully saturated rings. The Morgan fingerprint density at radius 1 is 1.11 bits per heavy atom. The molecule has 2 saturated heterocycles. The second-order valence-electron chi connectivity index (χ2n) is 11.9. The van der Waals surface area contributed by atoms with E-state index in [1.807, 2.05) is 13.0 Å². The number of aromatic nitrogens is 3.